The summed E-state index contributed by atoms with van der Waals surface area (Å²) >= 11 is 0. The molecule has 1 aliphatic carbocycles. The lowest BCUT2D eigenvalue weighted by molar-refractivity contribution is 0.0739. The molecule has 27 heavy (non-hydrogen) atoms. The fourth-order valence-electron chi connectivity index (χ4n) is 4.24. The van der Waals surface area contributed by atoms with Crippen LogP contribution < -0.4 is 5.32 Å². The lowest BCUT2D eigenvalue weighted by Gasteiger charge is -2.25. The van der Waals surface area contributed by atoms with Crippen LogP contribution in [0.5, 0.6) is 0 Å². The third kappa shape index (κ3) is 3.24. The molecular weight excluding hydrogens is 338 g/mol. The van der Waals surface area contributed by atoms with Gasteiger partial charge in [-0.1, -0.05) is 0 Å². The molecule has 1 unspecified atom stereocenters. The van der Waals surface area contributed by atoms with Crippen LogP contribution in [-0.4, -0.2) is 51.8 Å². The number of hydrogen-bond donors (Lipinski definition) is 1. The molecule has 1 saturated carbocycles. The van der Waals surface area contributed by atoms with Crippen LogP contribution in [0.4, 0.5) is 0 Å². The summed E-state index contributed by atoms with van der Waals surface area (Å²) in [5, 5.41) is 8.94. The van der Waals surface area contributed by atoms with E-state index in [2.05, 4.69) is 37.1 Å². The number of likely N-dealkylation sites (N-methyl/N-ethyl adjacent to an activating group) is 1. The fraction of sp³-hybridized carbons (Fsp3) is 0.667. The summed E-state index contributed by atoms with van der Waals surface area (Å²) in [5.41, 5.74) is 3.42. The SMILES string of the molecule is CNCC1CCCN1C(=O)c1cc(C2CC2)nc2c1c(C)nn2C(C)(C)C. The van der Waals surface area contributed by atoms with Gasteiger partial charge < -0.3 is 10.2 Å². The highest BCUT2D eigenvalue weighted by atomic mass is 16.2. The number of pyridine rings is 1. The first-order valence-corrected chi connectivity index (χ1v) is 10.2. The number of aryl methyl sites for hydroxylation is 1. The summed E-state index contributed by atoms with van der Waals surface area (Å²) in [7, 11) is 1.95. The Kier molecular flexibility index (Phi) is 4.49. The van der Waals surface area contributed by atoms with Crippen LogP contribution in [0.25, 0.3) is 11.0 Å². The Morgan fingerprint density at radius 3 is 2.67 bits per heavy atom. The zero-order valence-corrected chi connectivity index (χ0v) is 17.2. The smallest absolute Gasteiger partial charge is 0.255 e. The van der Waals surface area contributed by atoms with Crippen molar-refractivity contribution < 1.29 is 4.79 Å². The van der Waals surface area contributed by atoms with Crippen LogP contribution in [0.2, 0.25) is 0 Å². The molecule has 6 heteroatoms. The van der Waals surface area contributed by atoms with Crippen molar-refractivity contribution in [2.75, 3.05) is 20.1 Å². The fourth-order valence-corrected chi connectivity index (χ4v) is 4.24. The van der Waals surface area contributed by atoms with E-state index in [1.165, 1.54) is 12.8 Å². The average molecular weight is 370 g/mol. The highest BCUT2D eigenvalue weighted by Gasteiger charge is 2.34. The molecule has 0 spiro atoms. The van der Waals surface area contributed by atoms with Gasteiger partial charge in [-0.3, -0.25) is 4.79 Å². The molecule has 0 bridgehead atoms. The van der Waals surface area contributed by atoms with Gasteiger partial charge >= 0.3 is 0 Å². The zero-order valence-electron chi connectivity index (χ0n) is 17.2. The summed E-state index contributed by atoms with van der Waals surface area (Å²) in [6, 6.07) is 2.33. The van der Waals surface area contributed by atoms with Crippen LogP contribution in [0.1, 0.15) is 74.1 Å². The highest BCUT2D eigenvalue weighted by Crippen LogP contribution is 2.41. The van der Waals surface area contributed by atoms with Crippen molar-refractivity contribution in [1.82, 2.24) is 25.0 Å². The Morgan fingerprint density at radius 1 is 1.30 bits per heavy atom. The third-order valence-corrected chi connectivity index (χ3v) is 5.77. The average Bonchev–Trinajstić information content (AvgIpc) is 3.27. The van der Waals surface area contributed by atoms with Crippen molar-refractivity contribution >= 4 is 16.9 Å². The van der Waals surface area contributed by atoms with E-state index in [9.17, 15) is 4.79 Å². The van der Waals surface area contributed by atoms with E-state index in [0.717, 1.165) is 53.9 Å². The van der Waals surface area contributed by atoms with Gasteiger partial charge in [0.1, 0.15) is 0 Å². The van der Waals surface area contributed by atoms with Crippen LogP contribution >= 0.6 is 0 Å². The van der Waals surface area contributed by atoms with Crippen LogP contribution in [0.3, 0.4) is 0 Å². The van der Waals surface area contributed by atoms with Crippen molar-refractivity contribution in [3.05, 3.63) is 23.0 Å². The molecule has 2 aromatic rings. The first-order chi connectivity index (χ1) is 12.8. The van der Waals surface area contributed by atoms with Gasteiger partial charge in [0.15, 0.2) is 5.65 Å². The number of carbonyl (C=O) groups is 1. The van der Waals surface area contributed by atoms with E-state index in [4.69, 9.17) is 10.1 Å². The van der Waals surface area contributed by atoms with Gasteiger partial charge in [-0.15, -0.1) is 0 Å². The van der Waals surface area contributed by atoms with Crippen LogP contribution in [0, 0.1) is 6.92 Å². The van der Waals surface area contributed by atoms with Gasteiger partial charge in [0.2, 0.25) is 0 Å². The number of amides is 1. The molecule has 0 aromatic carbocycles. The maximum absolute atomic E-state index is 13.6. The highest BCUT2D eigenvalue weighted by molar-refractivity contribution is 6.06. The van der Waals surface area contributed by atoms with Crippen molar-refractivity contribution in [2.24, 2.45) is 0 Å². The molecule has 2 aliphatic rings. The molecule has 6 nitrogen and oxygen atoms in total. The molecule has 2 fully saturated rings. The van der Waals surface area contributed by atoms with Gasteiger partial charge in [0.25, 0.3) is 5.91 Å². The Bertz CT molecular complexity index is 875. The van der Waals surface area contributed by atoms with Gasteiger partial charge in [-0.05, 0) is 66.5 Å². The van der Waals surface area contributed by atoms with Gasteiger partial charge in [-0.2, -0.15) is 5.10 Å². The van der Waals surface area contributed by atoms with E-state index in [-0.39, 0.29) is 17.5 Å². The van der Waals surface area contributed by atoms with Crippen LogP contribution in [0.15, 0.2) is 6.07 Å². The maximum Gasteiger partial charge on any atom is 0.255 e. The Morgan fingerprint density at radius 2 is 2.04 bits per heavy atom. The Labute approximate surface area is 161 Å². The minimum Gasteiger partial charge on any atom is -0.334 e. The van der Waals surface area contributed by atoms with E-state index in [1.54, 1.807) is 0 Å². The lowest BCUT2D eigenvalue weighted by atomic mass is 10.0. The van der Waals surface area contributed by atoms with E-state index in [1.807, 2.05) is 18.7 Å². The molecule has 146 valence electrons. The van der Waals surface area contributed by atoms with Crippen LogP contribution in [-0.2, 0) is 5.54 Å². The van der Waals surface area contributed by atoms with E-state index < -0.39 is 0 Å². The number of nitrogens with zero attached hydrogens (tertiary/aromatic N) is 4. The normalized spacial score (nSPS) is 20.6. The van der Waals surface area contributed by atoms with Gasteiger partial charge in [-0.25, -0.2) is 9.67 Å². The predicted octanol–water partition coefficient (Wildman–Crippen LogP) is 3.20. The minimum atomic E-state index is -0.176. The first kappa shape index (κ1) is 18.4. The summed E-state index contributed by atoms with van der Waals surface area (Å²) in [6.45, 7) is 10.1. The van der Waals surface area contributed by atoms with Crippen molar-refractivity contribution in [2.45, 2.75) is 70.9 Å². The summed E-state index contributed by atoms with van der Waals surface area (Å²) in [4.78, 5) is 20.6. The molecule has 4 rings (SSSR count). The minimum absolute atomic E-state index is 0.138. The summed E-state index contributed by atoms with van der Waals surface area (Å²) < 4.78 is 2.00. The quantitative estimate of drug-likeness (QED) is 0.899. The monoisotopic (exact) mass is 369 g/mol. The Hall–Kier alpha value is -1.95. The topological polar surface area (TPSA) is 63.1 Å². The molecular formula is C21H31N5O. The molecule has 1 saturated heterocycles. The maximum atomic E-state index is 13.6. The lowest BCUT2D eigenvalue weighted by Crippen LogP contribution is -2.41. The number of likely N-dealkylation sites (tertiary alicyclic amines) is 1. The standard InChI is InChI=1S/C21H31N5O/c1-13-18-16(20(27)25-10-6-7-15(25)12-22-5)11-17(14-8-9-14)23-19(18)26(24-13)21(2,3)4/h11,14-15,22H,6-10,12H2,1-5H3. The largest absolute Gasteiger partial charge is 0.334 e. The predicted molar refractivity (Wildman–Crippen MR) is 107 cm³/mol. The van der Waals surface area contributed by atoms with Gasteiger partial charge in [0, 0.05) is 30.7 Å². The van der Waals surface area contributed by atoms with E-state index >= 15 is 0 Å². The Balaban J connectivity index is 1.86. The second kappa shape index (κ2) is 6.59. The number of aromatic nitrogens is 3. The second-order valence-electron chi connectivity index (χ2n) is 9.09. The summed E-state index contributed by atoms with van der Waals surface area (Å²) in [5.74, 6) is 0.634. The van der Waals surface area contributed by atoms with Crippen molar-refractivity contribution in [3.63, 3.8) is 0 Å². The number of fused-ring (bicyclic) bond motifs is 1. The molecule has 1 N–H and O–H groups in total. The molecule has 3 heterocycles. The first-order valence-electron chi connectivity index (χ1n) is 10.2. The summed E-state index contributed by atoms with van der Waals surface area (Å²) in [6.07, 6.45) is 4.47. The second-order valence-corrected chi connectivity index (χ2v) is 9.09. The van der Waals surface area contributed by atoms with Gasteiger partial charge in [0.05, 0.1) is 22.2 Å². The third-order valence-electron chi connectivity index (χ3n) is 5.77. The molecule has 1 aliphatic heterocycles. The number of hydrogen-bond acceptors (Lipinski definition) is 4. The number of carbonyl (C=O) groups excluding carboxylic acids is 1. The number of nitrogens with one attached hydrogen (secondary N) is 1. The molecule has 1 atom stereocenters. The zero-order chi connectivity index (χ0) is 19.3. The van der Waals surface area contributed by atoms with Crippen molar-refractivity contribution in [1.29, 1.82) is 0 Å². The molecule has 2 aromatic heterocycles. The van der Waals surface area contributed by atoms with Crippen molar-refractivity contribution in [3.8, 4) is 0 Å². The number of rotatable bonds is 4. The molecule has 1 amide bonds. The van der Waals surface area contributed by atoms with E-state index in [0.29, 0.717) is 5.92 Å². The molecule has 0 radical (unpaired) electrons.